The zero-order valence-corrected chi connectivity index (χ0v) is 13.9. The maximum Gasteiger partial charge on any atom is 0.305 e. The van der Waals surface area contributed by atoms with E-state index in [-0.39, 0.29) is 5.97 Å². The molecule has 0 bridgehead atoms. The van der Waals surface area contributed by atoms with Crippen molar-refractivity contribution in [1.29, 1.82) is 0 Å². The number of methoxy groups -OCH3 is 1. The Kier molecular flexibility index (Phi) is 15.7. The monoisotopic (exact) mass is 292 g/mol. The third kappa shape index (κ3) is 16.6. The minimum absolute atomic E-state index is 0.0864. The van der Waals surface area contributed by atoms with Gasteiger partial charge in [-0.2, -0.15) is 0 Å². The fraction of sp³-hybridized carbons (Fsp3) is 0.632. The zero-order valence-electron chi connectivity index (χ0n) is 13.9. The Balaban J connectivity index is 3.23. The zero-order chi connectivity index (χ0) is 15.6. The van der Waals surface area contributed by atoms with Crippen molar-refractivity contribution in [2.75, 3.05) is 7.11 Å². The molecule has 0 N–H and O–H groups in total. The average Bonchev–Trinajstić information content (AvgIpc) is 2.50. The summed E-state index contributed by atoms with van der Waals surface area (Å²) in [7, 11) is 1.45. The number of esters is 1. The Bertz CT molecular complexity index is 314. The number of rotatable bonds is 13. The minimum Gasteiger partial charge on any atom is -0.469 e. The van der Waals surface area contributed by atoms with Crippen LogP contribution in [0.3, 0.4) is 0 Å². The SMILES string of the molecule is C/C=C/CC/C=C/C/C=C/CCCCCCCC(=O)OC. The van der Waals surface area contributed by atoms with Gasteiger partial charge in [0.1, 0.15) is 0 Å². The lowest BCUT2D eigenvalue weighted by Crippen LogP contribution is -1.98. The number of ether oxygens (including phenoxy) is 1. The molecule has 0 rings (SSSR count). The molecule has 0 aliphatic heterocycles. The number of carbonyl (C=O) groups is 1. The van der Waals surface area contributed by atoms with Gasteiger partial charge in [-0.1, -0.05) is 55.7 Å². The molecule has 0 amide bonds. The molecule has 2 heteroatoms. The van der Waals surface area contributed by atoms with E-state index in [1.54, 1.807) is 0 Å². The second-order valence-corrected chi connectivity index (χ2v) is 5.21. The van der Waals surface area contributed by atoms with Gasteiger partial charge in [-0.15, -0.1) is 0 Å². The van der Waals surface area contributed by atoms with Crippen molar-refractivity contribution in [1.82, 2.24) is 0 Å². The molecule has 120 valence electrons. The van der Waals surface area contributed by atoms with E-state index in [9.17, 15) is 4.79 Å². The molecule has 0 heterocycles. The summed E-state index contributed by atoms with van der Waals surface area (Å²) in [4.78, 5) is 10.9. The largest absolute Gasteiger partial charge is 0.469 e. The van der Waals surface area contributed by atoms with Crippen molar-refractivity contribution >= 4 is 5.97 Å². The third-order valence-electron chi connectivity index (χ3n) is 3.32. The standard InChI is InChI=1S/C19H32O2/c1-3-4-5-6-7-8-9-10-11-12-13-14-15-16-17-18-19(20)21-2/h3-4,7-8,10-11H,5-6,9,12-18H2,1-2H3/b4-3+,8-7+,11-10+. The number of allylic oxidation sites excluding steroid dienone is 6. The van der Waals surface area contributed by atoms with Crippen molar-refractivity contribution in [3.63, 3.8) is 0 Å². The van der Waals surface area contributed by atoms with Crippen LogP contribution in [0.5, 0.6) is 0 Å². The molecule has 0 aromatic rings. The van der Waals surface area contributed by atoms with Crippen LogP contribution in [0.4, 0.5) is 0 Å². The van der Waals surface area contributed by atoms with E-state index >= 15 is 0 Å². The molecular formula is C19H32O2. The quantitative estimate of drug-likeness (QED) is 0.245. The van der Waals surface area contributed by atoms with E-state index in [4.69, 9.17) is 0 Å². The number of hydrogen-bond acceptors (Lipinski definition) is 2. The fourth-order valence-electron chi connectivity index (χ4n) is 2.03. The number of hydrogen-bond donors (Lipinski definition) is 0. The van der Waals surface area contributed by atoms with Gasteiger partial charge >= 0.3 is 5.97 Å². The van der Waals surface area contributed by atoms with Gasteiger partial charge in [0, 0.05) is 6.42 Å². The normalized spacial score (nSPS) is 11.9. The highest BCUT2D eigenvalue weighted by Gasteiger charge is 1.98. The van der Waals surface area contributed by atoms with Gasteiger partial charge in [0.2, 0.25) is 0 Å². The summed E-state index contributed by atoms with van der Waals surface area (Å²) >= 11 is 0. The first kappa shape index (κ1) is 19.7. The number of carbonyl (C=O) groups excluding carboxylic acids is 1. The summed E-state index contributed by atoms with van der Waals surface area (Å²) in [5.74, 6) is -0.0864. The fourth-order valence-corrected chi connectivity index (χ4v) is 2.03. The summed E-state index contributed by atoms with van der Waals surface area (Å²) in [6, 6.07) is 0. The highest BCUT2D eigenvalue weighted by Crippen LogP contribution is 2.08. The average molecular weight is 292 g/mol. The van der Waals surface area contributed by atoms with Gasteiger partial charge in [-0.25, -0.2) is 0 Å². The van der Waals surface area contributed by atoms with Gasteiger partial charge < -0.3 is 4.74 Å². The topological polar surface area (TPSA) is 26.3 Å². The van der Waals surface area contributed by atoms with Crippen molar-refractivity contribution in [2.45, 2.75) is 71.1 Å². The Hall–Kier alpha value is -1.31. The summed E-state index contributed by atoms with van der Waals surface area (Å²) in [5.41, 5.74) is 0. The Morgan fingerprint density at radius 3 is 2.14 bits per heavy atom. The molecule has 0 atom stereocenters. The summed E-state index contributed by atoms with van der Waals surface area (Å²) < 4.78 is 4.61. The molecule has 0 saturated heterocycles. The Labute approximate surface area is 131 Å². The van der Waals surface area contributed by atoms with Crippen LogP contribution in [0, 0.1) is 0 Å². The first-order valence-corrected chi connectivity index (χ1v) is 8.29. The molecule has 21 heavy (non-hydrogen) atoms. The molecule has 0 unspecified atom stereocenters. The summed E-state index contributed by atoms with van der Waals surface area (Å²) in [5, 5.41) is 0. The second kappa shape index (κ2) is 16.7. The van der Waals surface area contributed by atoms with E-state index in [1.807, 2.05) is 0 Å². The van der Waals surface area contributed by atoms with E-state index in [2.05, 4.69) is 48.1 Å². The van der Waals surface area contributed by atoms with E-state index in [1.165, 1.54) is 32.8 Å². The Morgan fingerprint density at radius 2 is 1.43 bits per heavy atom. The van der Waals surface area contributed by atoms with Crippen LogP contribution < -0.4 is 0 Å². The maximum atomic E-state index is 10.9. The first-order valence-electron chi connectivity index (χ1n) is 8.29. The van der Waals surface area contributed by atoms with Crippen LogP contribution in [-0.2, 0) is 9.53 Å². The van der Waals surface area contributed by atoms with Gasteiger partial charge in [0.15, 0.2) is 0 Å². The lowest BCUT2D eigenvalue weighted by atomic mass is 10.1. The smallest absolute Gasteiger partial charge is 0.305 e. The van der Waals surface area contributed by atoms with Gasteiger partial charge in [0.25, 0.3) is 0 Å². The lowest BCUT2D eigenvalue weighted by Gasteiger charge is -1.99. The van der Waals surface area contributed by atoms with E-state index in [0.717, 1.165) is 32.1 Å². The molecule has 0 aliphatic rings. The van der Waals surface area contributed by atoms with Crippen molar-refractivity contribution in [3.8, 4) is 0 Å². The van der Waals surface area contributed by atoms with Crippen molar-refractivity contribution in [2.24, 2.45) is 0 Å². The molecule has 0 aliphatic carbocycles. The van der Waals surface area contributed by atoms with Gasteiger partial charge in [-0.05, 0) is 45.4 Å². The van der Waals surface area contributed by atoms with Gasteiger partial charge in [-0.3, -0.25) is 4.79 Å². The van der Waals surface area contributed by atoms with Crippen LogP contribution in [-0.4, -0.2) is 13.1 Å². The molecule has 0 spiro atoms. The molecule has 2 nitrogen and oxygen atoms in total. The number of unbranched alkanes of at least 4 members (excludes halogenated alkanes) is 6. The minimum atomic E-state index is -0.0864. The predicted octanol–water partition coefficient (Wildman–Crippen LogP) is 5.75. The second-order valence-electron chi connectivity index (χ2n) is 5.21. The van der Waals surface area contributed by atoms with Crippen LogP contribution in [0.15, 0.2) is 36.5 Å². The van der Waals surface area contributed by atoms with Crippen LogP contribution >= 0.6 is 0 Å². The van der Waals surface area contributed by atoms with Crippen molar-refractivity contribution in [3.05, 3.63) is 36.5 Å². The van der Waals surface area contributed by atoms with Gasteiger partial charge in [0.05, 0.1) is 7.11 Å². The lowest BCUT2D eigenvalue weighted by molar-refractivity contribution is -0.140. The highest BCUT2D eigenvalue weighted by atomic mass is 16.5. The molecule has 0 saturated carbocycles. The van der Waals surface area contributed by atoms with E-state index in [0.29, 0.717) is 6.42 Å². The summed E-state index contributed by atoms with van der Waals surface area (Å²) in [6.45, 7) is 2.06. The molecule has 0 radical (unpaired) electrons. The molecule has 0 aromatic heterocycles. The maximum absolute atomic E-state index is 10.9. The van der Waals surface area contributed by atoms with Crippen molar-refractivity contribution < 1.29 is 9.53 Å². The predicted molar refractivity (Wildman–Crippen MR) is 91.3 cm³/mol. The molecule has 0 aromatic carbocycles. The van der Waals surface area contributed by atoms with E-state index < -0.39 is 0 Å². The third-order valence-corrected chi connectivity index (χ3v) is 3.32. The van der Waals surface area contributed by atoms with Crippen LogP contribution in [0.2, 0.25) is 0 Å². The van der Waals surface area contributed by atoms with Crippen LogP contribution in [0.25, 0.3) is 0 Å². The molecular weight excluding hydrogens is 260 g/mol. The van der Waals surface area contributed by atoms with Crippen LogP contribution in [0.1, 0.15) is 71.1 Å². The Morgan fingerprint density at radius 1 is 0.810 bits per heavy atom. The summed E-state index contributed by atoms with van der Waals surface area (Å²) in [6.07, 6.45) is 24.2. The first-order chi connectivity index (χ1) is 10.3. The highest BCUT2D eigenvalue weighted by molar-refractivity contribution is 5.68. The molecule has 0 fully saturated rings.